The van der Waals surface area contributed by atoms with E-state index in [1.807, 2.05) is 10.8 Å². The zero-order valence-electron chi connectivity index (χ0n) is 36.7. The average molecular weight is 907 g/mol. The molecular formula is C48H55FN8O7S. The molecule has 2 aliphatic carbocycles. The molecule has 0 bridgehead atoms. The monoisotopic (exact) mass is 906 g/mol. The Balaban J connectivity index is 0.863. The lowest BCUT2D eigenvalue weighted by atomic mass is 9.59. The van der Waals surface area contributed by atoms with Crippen LogP contribution in [-0.4, -0.2) is 83.1 Å². The number of hydrogen-bond acceptors (Lipinski definition) is 12. The smallest absolute Gasteiger partial charge is 0.300 e. The molecule has 6 heterocycles. The van der Waals surface area contributed by atoms with Crippen molar-refractivity contribution in [2.24, 2.45) is 5.41 Å². The molecule has 5 aromatic rings. The number of rotatable bonds is 11. The molecule has 342 valence electrons. The van der Waals surface area contributed by atoms with E-state index in [2.05, 4.69) is 68.2 Å². The van der Waals surface area contributed by atoms with Crippen molar-refractivity contribution in [3.63, 3.8) is 0 Å². The van der Waals surface area contributed by atoms with Crippen molar-refractivity contribution in [3.05, 3.63) is 99.9 Å². The van der Waals surface area contributed by atoms with Crippen LogP contribution in [0.25, 0.3) is 11.0 Å². The van der Waals surface area contributed by atoms with Gasteiger partial charge in [0.1, 0.15) is 29.4 Å². The minimum atomic E-state index is -4.81. The Hall–Kier alpha value is -5.81. The summed E-state index contributed by atoms with van der Waals surface area (Å²) in [5, 5.41) is 15.2. The van der Waals surface area contributed by atoms with Crippen LogP contribution in [0.2, 0.25) is 0 Å². The van der Waals surface area contributed by atoms with Crippen LogP contribution in [0.5, 0.6) is 17.4 Å². The van der Waals surface area contributed by atoms with Crippen molar-refractivity contribution >= 4 is 44.0 Å². The number of anilines is 2. The highest BCUT2D eigenvalue weighted by Crippen LogP contribution is 2.54. The van der Waals surface area contributed by atoms with Crippen LogP contribution in [0.1, 0.15) is 118 Å². The molecule has 5 aliphatic rings. The molecule has 2 saturated carbocycles. The Kier molecular flexibility index (Phi) is 11.2. The lowest BCUT2D eigenvalue weighted by molar-refractivity contribution is -0.384. The van der Waals surface area contributed by atoms with Gasteiger partial charge in [-0.3, -0.25) is 19.8 Å². The first kappa shape index (κ1) is 43.1. The number of alkyl halides is 1. The van der Waals surface area contributed by atoms with Crippen molar-refractivity contribution in [1.82, 2.24) is 24.6 Å². The molecule has 2 aromatic carbocycles. The van der Waals surface area contributed by atoms with E-state index in [1.54, 1.807) is 24.4 Å². The molecule has 17 heteroatoms. The summed E-state index contributed by atoms with van der Waals surface area (Å²) < 4.78 is 57.7. The fraction of sp³-hybridized carbons (Fsp3) is 0.479. The highest BCUT2D eigenvalue weighted by Gasteiger charge is 2.50. The molecule has 2 atom stereocenters. The van der Waals surface area contributed by atoms with Gasteiger partial charge in [-0.2, -0.15) is 13.4 Å². The van der Waals surface area contributed by atoms with Crippen molar-refractivity contribution in [2.45, 2.75) is 119 Å². The standard InChI is InChI=1S/C48H55FN8O7S/c1-30(2)35-9-4-5-10-36(35)38-11-8-20-56(38)33-26-47(27-33)17-21-55(22-18-47)32-12-13-37(40(24-32)64-34-23-31-14-19-50-44(31)51-28-34)45(58)54-65(61,62)42-25-39(57(59)60)43-46(53-42)63-29-41(52-43)48(49)15-6-3-7-16-48/h4-5,9-10,12-14,19,23-25,28,30,33,38,41,52H,3,6-8,11,15-18,20-22,26-27,29H2,1-2H3,(H,50,51)(H,54,58)/t38-,41+/m0/s1. The molecule has 0 radical (unpaired) electrons. The molecule has 65 heavy (non-hydrogen) atoms. The lowest BCUT2D eigenvalue weighted by Crippen LogP contribution is -2.54. The Morgan fingerprint density at radius 3 is 2.57 bits per heavy atom. The minimum absolute atomic E-state index is 0.0880. The Morgan fingerprint density at radius 1 is 1.02 bits per heavy atom. The number of aromatic amines is 1. The summed E-state index contributed by atoms with van der Waals surface area (Å²) in [5.41, 5.74) is 2.09. The first-order chi connectivity index (χ1) is 31.3. The van der Waals surface area contributed by atoms with Gasteiger partial charge in [-0.25, -0.2) is 14.1 Å². The number of piperidine rings is 1. The Labute approximate surface area is 377 Å². The molecule has 1 spiro atoms. The van der Waals surface area contributed by atoms with Crippen LogP contribution in [0.15, 0.2) is 78.1 Å². The summed E-state index contributed by atoms with van der Waals surface area (Å²) in [5.74, 6) is -0.480. The fourth-order valence-corrected chi connectivity index (χ4v) is 12.1. The number of hydrogen-bond donors (Lipinski definition) is 3. The number of aromatic nitrogens is 3. The van der Waals surface area contributed by atoms with Crippen LogP contribution in [0.3, 0.4) is 0 Å². The first-order valence-electron chi connectivity index (χ1n) is 23.0. The number of amides is 1. The van der Waals surface area contributed by atoms with Gasteiger partial charge in [0.2, 0.25) is 5.88 Å². The molecular weight excluding hydrogens is 852 g/mol. The minimum Gasteiger partial charge on any atom is -0.474 e. The van der Waals surface area contributed by atoms with Crippen molar-refractivity contribution in [3.8, 4) is 17.4 Å². The predicted molar refractivity (Wildman–Crippen MR) is 244 cm³/mol. The van der Waals surface area contributed by atoms with Gasteiger partial charge in [0, 0.05) is 48.5 Å². The number of carbonyl (C=O) groups is 1. The second-order valence-electron chi connectivity index (χ2n) is 19.1. The highest BCUT2D eigenvalue weighted by atomic mass is 32.2. The van der Waals surface area contributed by atoms with Crippen LogP contribution in [-0.2, 0) is 10.0 Å². The van der Waals surface area contributed by atoms with Crippen molar-refractivity contribution < 1.29 is 32.0 Å². The summed E-state index contributed by atoms with van der Waals surface area (Å²) >= 11 is 0. The van der Waals surface area contributed by atoms with Gasteiger partial charge >= 0.3 is 5.69 Å². The summed E-state index contributed by atoms with van der Waals surface area (Å²) in [6.45, 7) is 7.12. The Morgan fingerprint density at radius 2 is 1.80 bits per heavy atom. The van der Waals surface area contributed by atoms with Gasteiger partial charge in [0.25, 0.3) is 15.9 Å². The van der Waals surface area contributed by atoms with E-state index in [1.165, 1.54) is 49.1 Å². The number of likely N-dealkylation sites (tertiary alicyclic amines) is 1. The third kappa shape index (κ3) is 8.25. The molecule has 2 saturated heterocycles. The number of pyridine rings is 2. The average Bonchev–Trinajstić information content (AvgIpc) is 3.98. The maximum atomic E-state index is 15.9. The molecule has 3 N–H and O–H groups in total. The van der Waals surface area contributed by atoms with Gasteiger partial charge in [-0.05, 0) is 105 Å². The quantitative estimate of drug-likeness (QED) is 0.0844. The second-order valence-corrected chi connectivity index (χ2v) is 20.7. The number of benzene rings is 2. The van der Waals surface area contributed by atoms with Gasteiger partial charge in [0.05, 0.1) is 28.8 Å². The molecule has 0 unspecified atom stereocenters. The zero-order valence-corrected chi connectivity index (χ0v) is 37.5. The maximum Gasteiger partial charge on any atom is 0.300 e. The van der Waals surface area contributed by atoms with E-state index < -0.39 is 43.3 Å². The first-order valence-corrected chi connectivity index (χ1v) is 24.5. The number of ether oxygens (including phenoxy) is 2. The number of nitro groups is 1. The van der Waals surface area contributed by atoms with Gasteiger partial charge in [-0.1, -0.05) is 57.4 Å². The third-order valence-corrected chi connectivity index (χ3v) is 15.9. The van der Waals surface area contributed by atoms with E-state index in [0.29, 0.717) is 42.2 Å². The second kappa shape index (κ2) is 16.9. The van der Waals surface area contributed by atoms with Crippen LogP contribution in [0, 0.1) is 15.5 Å². The molecule has 15 nitrogen and oxygen atoms in total. The van der Waals surface area contributed by atoms with Crippen LogP contribution < -0.4 is 24.4 Å². The Bertz CT molecular complexity index is 2740. The summed E-state index contributed by atoms with van der Waals surface area (Å²) in [7, 11) is -4.81. The summed E-state index contributed by atoms with van der Waals surface area (Å²) in [6, 6.07) is 18.5. The van der Waals surface area contributed by atoms with Crippen molar-refractivity contribution in [2.75, 3.05) is 36.5 Å². The molecule has 1 amide bonds. The molecule has 3 aliphatic heterocycles. The number of sulfonamides is 1. The van der Waals surface area contributed by atoms with Crippen LogP contribution >= 0.6 is 0 Å². The molecule has 3 aromatic heterocycles. The molecule has 4 fully saturated rings. The lowest BCUT2D eigenvalue weighted by Gasteiger charge is -2.56. The molecule has 10 rings (SSSR count). The number of fused-ring (bicyclic) bond motifs is 2. The van der Waals surface area contributed by atoms with E-state index >= 15 is 4.39 Å². The summed E-state index contributed by atoms with van der Waals surface area (Å²) in [4.78, 5) is 42.2. The van der Waals surface area contributed by atoms with Gasteiger partial charge in [-0.15, -0.1) is 0 Å². The topological polar surface area (TPSA) is 185 Å². The largest absolute Gasteiger partial charge is 0.474 e. The number of nitrogens with one attached hydrogen (secondary N) is 3. The third-order valence-electron chi connectivity index (χ3n) is 14.7. The fourth-order valence-electron chi connectivity index (χ4n) is 11.2. The van der Waals surface area contributed by atoms with E-state index in [-0.39, 0.29) is 47.7 Å². The number of halogens is 1. The van der Waals surface area contributed by atoms with E-state index in [4.69, 9.17) is 9.47 Å². The number of H-pyrrole nitrogens is 1. The zero-order chi connectivity index (χ0) is 45.1. The van der Waals surface area contributed by atoms with Gasteiger partial charge in [0.15, 0.2) is 10.7 Å². The van der Waals surface area contributed by atoms with E-state index in [0.717, 1.165) is 56.0 Å². The van der Waals surface area contributed by atoms with Crippen molar-refractivity contribution in [1.29, 1.82) is 0 Å². The number of carbonyl (C=O) groups excluding carboxylic acids is 1. The van der Waals surface area contributed by atoms with E-state index in [9.17, 15) is 23.3 Å². The summed E-state index contributed by atoms with van der Waals surface area (Å²) in [6.07, 6.45) is 12.9. The number of nitrogens with zero attached hydrogens (tertiary/aromatic N) is 5. The van der Waals surface area contributed by atoms with Crippen LogP contribution in [0.4, 0.5) is 21.5 Å². The highest BCUT2D eigenvalue weighted by molar-refractivity contribution is 7.90. The predicted octanol–water partition coefficient (Wildman–Crippen LogP) is 9.33. The normalized spacial score (nSPS) is 21.9. The SMILES string of the molecule is CC(C)c1ccccc1[C@@H]1CCCN1C1CC2(CCN(c3ccc(C(=O)NS(=O)(=O)c4cc([N+](=O)[O-])c5c(n4)OC[C@H](C4(F)CCCCC4)N5)c(Oc4cnc5[nH]ccc5c4)c3)CC2)C1. The van der Waals surface area contributed by atoms with Gasteiger partial charge < -0.3 is 24.7 Å². The maximum absolute atomic E-state index is 15.9.